The first-order chi connectivity index (χ1) is 14.4. The van der Waals surface area contributed by atoms with E-state index in [9.17, 15) is 14.4 Å². The lowest BCUT2D eigenvalue weighted by atomic mass is 10.2. The molecule has 3 amide bonds. The molecule has 2 aromatic carbocycles. The number of rotatable bonds is 5. The molecule has 1 aromatic heterocycles. The molecule has 150 valence electrons. The van der Waals surface area contributed by atoms with Gasteiger partial charge in [-0.3, -0.25) is 24.0 Å². The van der Waals surface area contributed by atoms with Crippen LogP contribution in [0.3, 0.4) is 0 Å². The second-order valence-electron chi connectivity index (χ2n) is 6.41. The summed E-state index contributed by atoms with van der Waals surface area (Å²) in [4.78, 5) is 43.5. The number of nitrogens with zero attached hydrogens (tertiary/aromatic N) is 2. The third-order valence-electron chi connectivity index (χ3n) is 4.43. The Kier molecular flexibility index (Phi) is 6.07. The summed E-state index contributed by atoms with van der Waals surface area (Å²) >= 11 is 8.93. The van der Waals surface area contributed by atoms with E-state index >= 15 is 0 Å². The van der Waals surface area contributed by atoms with Crippen LogP contribution in [-0.2, 0) is 6.54 Å². The molecule has 0 saturated heterocycles. The highest BCUT2D eigenvalue weighted by Gasteiger charge is 2.38. The molecular formula is C21H13ClIN3O3S. The van der Waals surface area contributed by atoms with E-state index in [1.807, 2.05) is 24.3 Å². The number of hydrogen-bond acceptors (Lipinski definition) is 5. The maximum Gasteiger partial charge on any atom is 0.264 e. The highest BCUT2D eigenvalue weighted by Crippen LogP contribution is 2.30. The lowest BCUT2D eigenvalue weighted by Gasteiger charge is -2.14. The number of carbonyl (C=O) groups excluding carboxylic acids is 3. The van der Waals surface area contributed by atoms with E-state index < -0.39 is 5.91 Å². The van der Waals surface area contributed by atoms with Crippen LogP contribution in [0.2, 0.25) is 5.02 Å². The van der Waals surface area contributed by atoms with E-state index in [0.29, 0.717) is 10.6 Å². The van der Waals surface area contributed by atoms with Crippen LogP contribution in [0.25, 0.3) is 0 Å². The Hall–Kier alpha value is -2.43. The maximum absolute atomic E-state index is 13.0. The van der Waals surface area contributed by atoms with Crippen LogP contribution in [-0.4, -0.2) is 27.6 Å². The summed E-state index contributed by atoms with van der Waals surface area (Å²) in [5, 5.41) is 0.803. The second-order valence-corrected chi connectivity index (χ2v) is 8.88. The van der Waals surface area contributed by atoms with Crippen molar-refractivity contribution in [2.75, 3.05) is 0 Å². The number of pyridine rings is 1. The van der Waals surface area contributed by atoms with E-state index in [1.165, 1.54) is 17.2 Å². The largest absolute Gasteiger partial charge is 0.291 e. The minimum Gasteiger partial charge on any atom is -0.291 e. The zero-order valence-electron chi connectivity index (χ0n) is 15.3. The summed E-state index contributed by atoms with van der Waals surface area (Å²) in [7, 11) is 0. The molecule has 0 aliphatic carbocycles. The van der Waals surface area contributed by atoms with Gasteiger partial charge < -0.3 is 0 Å². The van der Waals surface area contributed by atoms with Gasteiger partial charge >= 0.3 is 0 Å². The molecule has 2 heterocycles. The molecule has 3 aromatic rings. The van der Waals surface area contributed by atoms with Crippen LogP contribution in [0.5, 0.6) is 0 Å². The fraction of sp³-hybridized carbons (Fsp3) is 0.0476. The molecule has 1 N–H and O–H groups in total. The normalized spacial score (nSPS) is 12.8. The predicted octanol–water partition coefficient (Wildman–Crippen LogP) is 4.57. The molecule has 0 atom stereocenters. The first-order valence-corrected chi connectivity index (χ1v) is 11.0. The number of hydrogen-bond donors (Lipinski definition) is 1. The quantitative estimate of drug-likeness (QED) is 0.287. The van der Waals surface area contributed by atoms with Crippen molar-refractivity contribution >= 4 is 63.9 Å². The van der Waals surface area contributed by atoms with E-state index in [2.05, 4.69) is 32.3 Å². The van der Waals surface area contributed by atoms with Crippen LogP contribution in [0.15, 0.2) is 65.8 Å². The number of benzene rings is 2. The van der Waals surface area contributed by atoms with E-state index in [4.69, 9.17) is 11.6 Å². The molecule has 6 nitrogen and oxygen atoms in total. The molecule has 0 spiro atoms. The standard InChI is InChI=1S/C21H13ClIN3O3S/c22-14-6-4-13(5-7-14)18(27)25-30-19-17-16(8-9-24-19)20(28)26(21(17)29)11-12-2-1-3-15(23)10-12/h1-10H,11H2,(H,25,27). The van der Waals surface area contributed by atoms with Crippen molar-refractivity contribution in [3.8, 4) is 0 Å². The second kappa shape index (κ2) is 8.75. The number of fused-ring (bicyclic) bond motifs is 1. The molecule has 1 aliphatic heterocycles. The van der Waals surface area contributed by atoms with Crippen molar-refractivity contribution in [1.29, 1.82) is 0 Å². The Labute approximate surface area is 195 Å². The van der Waals surface area contributed by atoms with Gasteiger partial charge in [-0.1, -0.05) is 23.7 Å². The van der Waals surface area contributed by atoms with Crippen LogP contribution in [0.4, 0.5) is 0 Å². The Morgan fingerprint density at radius 3 is 2.60 bits per heavy atom. The molecular weight excluding hydrogens is 537 g/mol. The Morgan fingerprint density at radius 1 is 1.10 bits per heavy atom. The molecule has 4 rings (SSSR count). The van der Waals surface area contributed by atoms with Gasteiger partial charge in [0.1, 0.15) is 5.03 Å². The van der Waals surface area contributed by atoms with Crippen molar-refractivity contribution in [3.05, 3.63) is 91.6 Å². The van der Waals surface area contributed by atoms with Crippen LogP contribution < -0.4 is 4.72 Å². The summed E-state index contributed by atoms with van der Waals surface area (Å²) in [5.41, 5.74) is 1.76. The summed E-state index contributed by atoms with van der Waals surface area (Å²) in [6.07, 6.45) is 1.45. The first-order valence-electron chi connectivity index (χ1n) is 8.76. The minimum absolute atomic E-state index is 0.171. The topological polar surface area (TPSA) is 79.4 Å². The summed E-state index contributed by atoms with van der Waals surface area (Å²) in [6, 6.07) is 15.6. The average molecular weight is 550 g/mol. The third-order valence-corrected chi connectivity index (χ3v) is 6.14. The third kappa shape index (κ3) is 4.21. The molecule has 0 unspecified atom stereocenters. The number of amides is 3. The van der Waals surface area contributed by atoms with Gasteiger partial charge in [-0.25, -0.2) is 4.98 Å². The van der Waals surface area contributed by atoms with Crippen molar-refractivity contribution < 1.29 is 14.4 Å². The van der Waals surface area contributed by atoms with Crippen LogP contribution in [0, 0.1) is 3.57 Å². The van der Waals surface area contributed by atoms with Crippen LogP contribution >= 0.6 is 46.1 Å². The zero-order valence-corrected chi connectivity index (χ0v) is 19.0. The Balaban J connectivity index is 1.54. The number of nitrogens with one attached hydrogen (secondary N) is 1. The Morgan fingerprint density at radius 2 is 1.87 bits per heavy atom. The van der Waals surface area contributed by atoms with Gasteiger partial charge in [0.15, 0.2) is 0 Å². The molecule has 30 heavy (non-hydrogen) atoms. The first kappa shape index (κ1) is 20.8. The fourth-order valence-electron chi connectivity index (χ4n) is 2.99. The van der Waals surface area contributed by atoms with Gasteiger partial charge in [0.05, 0.1) is 17.7 Å². The van der Waals surface area contributed by atoms with Crippen molar-refractivity contribution in [2.45, 2.75) is 11.6 Å². The summed E-state index contributed by atoms with van der Waals surface area (Å²) in [6.45, 7) is 0.171. The summed E-state index contributed by atoms with van der Waals surface area (Å²) < 4.78 is 3.68. The molecule has 0 radical (unpaired) electrons. The summed E-state index contributed by atoms with van der Waals surface area (Å²) in [5.74, 6) is -1.16. The highest BCUT2D eigenvalue weighted by molar-refractivity contribution is 14.1. The van der Waals surface area contributed by atoms with Crippen molar-refractivity contribution in [3.63, 3.8) is 0 Å². The molecule has 0 fully saturated rings. The van der Waals surface area contributed by atoms with Crippen molar-refractivity contribution in [2.24, 2.45) is 0 Å². The number of imide groups is 1. The molecule has 0 saturated carbocycles. The molecule has 1 aliphatic rings. The maximum atomic E-state index is 13.0. The smallest absolute Gasteiger partial charge is 0.264 e. The number of aromatic nitrogens is 1. The lowest BCUT2D eigenvalue weighted by molar-refractivity contribution is 0.0640. The highest BCUT2D eigenvalue weighted by atomic mass is 127. The average Bonchev–Trinajstić information content (AvgIpc) is 2.98. The molecule has 0 bridgehead atoms. The van der Waals surface area contributed by atoms with Gasteiger partial charge in [-0.05, 0) is 70.6 Å². The lowest BCUT2D eigenvalue weighted by Crippen LogP contribution is -2.29. The van der Waals surface area contributed by atoms with Crippen molar-refractivity contribution in [1.82, 2.24) is 14.6 Å². The van der Waals surface area contributed by atoms with Gasteiger partial charge in [-0.15, -0.1) is 0 Å². The monoisotopic (exact) mass is 549 g/mol. The van der Waals surface area contributed by atoms with Gasteiger partial charge in [0.25, 0.3) is 17.7 Å². The van der Waals surface area contributed by atoms with E-state index in [1.54, 1.807) is 24.3 Å². The molecule has 9 heteroatoms. The SMILES string of the molecule is O=C(NSc1nccc2c1C(=O)N(Cc1cccc(I)c1)C2=O)c1ccc(Cl)cc1. The van der Waals surface area contributed by atoms with Gasteiger partial charge in [0, 0.05) is 32.3 Å². The fourth-order valence-corrected chi connectivity index (χ4v) is 4.45. The Bertz CT molecular complexity index is 1170. The number of carbonyl (C=O) groups is 3. The zero-order chi connectivity index (χ0) is 21.3. The predicted molar refractivity (Wildman–Crippen MR) is 122 cm³/mol. The number of halogens is 2. The van der Waals surface area contributed by atoms with Crippen LogP contribution in [0.1, 0.15) is 36.6 Å². The van der Waals surface area contributed by atoms with Gasteiger partial charge in [0.2, 0.25) is 0 Å². The van der Waals surface area contributed by atoms with E-state index in [0.717, 1.165) is 21.1 Å². The van der Waals surface area contributed by atoms with E-state index in [-0.39, 0.29) is 34.5 Å². The van der Waals surface area contributed by atoms with Gasteiger partial charge in [-0.2, -0.15) is 0 Å². The minimum atomic E-state index is -0.426.